The van der Waals surface area contributed by atoms with Crippen molar-refractivity contribution in [2.75, 3.05) is 0 Å². The summed E-state index contributed by atoms with van der Waals surface area (Å²) in [6.45, 7) is 2.22. The number of nitrogens with zero attached hydrogens (tertiary/aromatic N) is 1. The lowest BCUT2D eigenvalue weighted by Crippen LogP contribution is -2.09. The molecule has 2 heteroatoms. The molecule has 0 atom stereocenters. The molecule has 1 N–H and O–H groups in total. The van der Waals surface area contributed by atoms with Crippen LogP contribution in [0, 0.1) is 0 Å². The van der Waals surface area contributed by atoms with Gasteiger partial charge in [-0.3, -0.25) is 0 Å². The van der Waals surface area contributed by atoms with E-state index in [-0.39, 0.29) is 0 Å². The molecule has 80 valence electrons. The first kappa shape index (κ1) is 11.3. The second kappa shape index (κ2) is 6.63. The molecule has 0 amide bonds. The third kappa shape index (κ3) is 3.52. The van der Waals surface area contributed by atoms with Crippen molar-refractivity contribution in [3.8, 4) is 0 Å². The smallest absolute Gasteiger partial charge is 0.0824 e. The molecule has 1 aliphatic carbocycles. The van der Waals surface area contributed by atoms with Gasteiger partial charge in [-0.05, 0) is 44.1 Å². The van der Waals surface area contributed by atoms with Crippen molar-refractivity contribution < 1.29 is 5.21 Å². The Labute approximate surface area is 86.7 Å². The lowest BCUT2D eigenvalue weighted by Gasteiger charge is -2.15. The fourth-order valence-corrected chi connectivity index (χ4v) is 1.92. The van der Waals surface area contributed by atoms with Crippen molar-refractivity contribution in [2.45, 2.75) is 58.3 Å². The van der Waals surface area contributed by atoms with Gasteiger partial charge in [0.1, 0.15) is 0 Å². The Morgan fingerprint density at radius 3 is 2.79 bits per heavy atom. The van der Waals surface area contributed by atoms with E-state index in [9.17, 15) is 0 Å². The van der Waals surface area contributed by atoms with Crippen LogP contribution >= 0.6 is 0 Å². The van der Waals surface area contributed by atoms with Crippen molar-refractivity contribution in [3.05, 3.63) is 11.6 Å². The SMILES string of the molecule is CCCCCC=C1CCCCC1=NO. The standard InChI is InChI=1S/C12H21NO/c1-2-3-4-5-8-11-9-6-7-10-12(11)13-14/h8,14H,2-7,9-10H2,1H3. The van der Waals surface area contributed by atoms with Gasteiger partial charge in [0.25, 0.3) is 0 Å². The molecule has 0 aliphatic heterocycles. The van der Waals surface area contributed by atoms with Crippen LogP contribution in [0.25, 0.3) is 0 Å². The first-order valence-corrected chi connectivity index (χ1v) is 5.78. The lowest BCUT2D eigenvalue weighted by molar-refractivity contribution is 0.316. The van der Waals surface area contributed by atoms with Crippen LogP contribution in [0.3, 0.4) is 0 Å². The van der Waals surface area contributed by atoms with Gasteiger partial charge in [-0.15, -0.1) is 0 Å². The van der Waals surface area contributed by atoms with Gasteiger partial charge in [0, 0.05) is 0 Å². The van der Waals surface area contributed by atoms with E-state index in [2.05, 4.69) is 18.2 Å². The Kier molecular flexibility index (Phi) is 5.35. The zero-order valence-electron chi connectivity index (χ0n) is 9.13. The third-order valence-corrected chi connectivity index (χ3v) is 2.80. The molecule has 0 aromatic heterocycles. The van der Waals surface area contributed by atoms with E-state index in [1.54, 1.807) is 0 Å². The Morgan fingerprint density at radius 1 is 1.29 bits per heavy atom. The van der Waals surface area contributed by atoms with E-state index in [1.165, 1.54) is 37.7 Å². The maximum Gasteiger partial charge on any atom is 0.0824 e. The van der Waals surface area contributed by atoms with Gasteiger partial charge >= 0.3 is 0 Å². The maximum atomic E-state index is 8.81. The molecular weight excluding hydrogens is 174 g/mol. The Balaban J connectivity index is 2.39. The predicted molar refractivity (Wildman–Crippen MR) is 59.9 cm³/mol. The van der Waals surface area contributed by atoms with Crippen molar-refractivity contribution in [1.82, 2.24) is 0 Å². The molecule has 0 saturated heterocycles. The Morgan fingerprint density at radius 2 is 2.07 bits per heavy atom. The zero-order valence-corrected chi connectivity index (χ0v) is 9.13. The summed E-state index contributed by atoms with van der Waals surface area (Å²) < 4.78 is 0. The normalized spacial score (nSPS) is 23.2. The highest BCUT2D eigenvalue weighted by atomic mass is 16.4. The van der Waals surface area contributed by atoms with Crippen LogP contribution in [0.5, 0.6) is 0 Å². The van der Waals surface area contributed by atoms with Crippen molar-refractivity contribution in [2.24, 2.45) is 5.16 Å². The molecule has 14 heavy (non-hydrogen) atoms. The fraction of sp³-hybridized carbons (Fsp3) is 0.750. The summed E-state index contributed by atoms with van der Waals surface area (Å²) in [7, 11) is 0. The van der Waals surface area contributed by atoms with E-state index in [1.807, 2.05) is 0 Å². The van der Waals surface area contributed by atoms with E-state index in [0.717, 1.165) is 25.0 Å². The maximum absolute atomic E-state index is 8.81. The summed E-state index contributed by atoms with van der Waals surface area (Å²) in [4.78, 5) is 0. The third-order valence-electron chi connectivity index (χ3n) is 2.80. The van der Waals surface area contributed by atoms with E-state index in [4.69, 9.17) is 5.21 Å². The van der Waals surface area contributed by atoms with Gasteiger partial charge in [0.2, 0.25) is 0 Å². The molecule has 1 saturated carbocycles. The molecule has 0 heterocycles. The number of hydrogen-bond donors (Lipinski definition) is 1. The molecular formula is C12H21NO. The molecule has 0 spiro atoms. The summed E-state index contributed by atoms with van der Waals surface area (Å²) in [5.74, 6) is 0. The summed E-state index contributed by atoms with van der Waals surface area (Å²) in [5, 5.41) is 12.2. The van der Waals surface area contributed by atoms with Crippen molar-refractivity contribution in [3.63, 3.8) is 0 Å². The largest absolute Gasteiger partial charge is 0.411 e. The second-order valence-electron chi connectivity index (χ2n) is 3.98. The summed E-state index contributed by atoms with van der Waals surface area (Å²) in [6.07, 6.45) is 11.7. The van der Waals surface area contributed by atoms with Crippen LogP contribution in [0.15, 0.2) is 16.8 Å². The van der Waals surface area contributed by atoms with Gasteiger partial charge in [0.15, 0.2) is 0 Å². The summed E-state index contributed by atoms with van der Waals surface area (Å²) >= 11 is 0. The number of hydrogen-bond acceptors (Lipinski definition) is 2. The average molecular weight is 195 g/mol. The quantitative estimate of drug-likeness (QED) is 0.412. The van der Waals surface area contributed by atoms with Gasteiger partial charge in [0.05, 0.1) is 5.71 Å². The number of unbranched alkanes of at least 4 members (excludes halogenated alkanes) is 3. The second-order valence-corrected chi connectivity index (χ2v) is 3.98. The topological polar surface area (TPSA) is 32.6 Å². The lowest BCUT2D eigenvalue weighted by atomic mass is 9.92. The number of allylic oxidation sites excluding steroid dienone is 2. The zero-order chi connectivity index (χ0) is 10.2. The minimum Gasteiger partial charge on any atom is -0.411 e. The highest BCUT2D eigenvalue weighted by Crippen LogP contribution is 2.21. The van der Waals surface area contributed by atoms with E-state index in [0.29, 0.717) is 0 Å². The first-order valence-electron chi connectivity index (χ1n) is 5.78. The minimum absolute atomic E-state index is 0.924. The Hall–Kier alpha value is -0.790. The van der Waals surface area contributed by atoms with Crippen LogP contribution in [0.1, 0.15) is 58.3 Å². The number of oxime groups is 1. The van der Waals surface area contributed by atoms with Crippen LogP contribution in [-0.4, -0.2) is 10.9 Å². The molecule has 1 rings (SSSR count). The molecule has 1 fully saturated rings. The molecule has 1 aliphatic rings. The molecule has 0 aromatic carbocycles. The monoisotopic (exact) mass is 195 g/mol. The van der Waals surface area contributed by atoms with Crippen LogP contribution in [-0.2, 0) is 0 Å². The van der Waals surface area contributed by atoms with E-state index >= 15 is 0 Å². The van der Waals surface area contributed by atoms with Gasteiger partial charge in [-0.2, -0.15) is 0 Å². The van der Waals surface area contributed by atoms with Gasteiger partial charge in [-0.1, -0.05) is 31.0 Å². The van der Waals surface area contributed by atoms with Crippen molar-refractivity contribution >= 4 is 5.71 Å². The molecule has 0 unspecified atom stereocenters. The van der Waals surface area contributed by atoms with Crippen molar-refractivity contribution in [1.29, 1.82) is 0 Å². The van der Waals surface area contributed by atoms with Crippen LogP contribution in [0.4, 0.5) is 0 Å². The van der Waals surface area contributed by atoms with Gasteiger partial charge < -0.3 is 5.21 Å². The van der Waals surface area contributed by atoms with Crippen LogP contribution in [0.2, 0.25) is 0 Å². The minimum atomic E-state index is 0.924. The van der Waals surface area contributed by atoms with Gasteiger partial charge in [-0.25, -0.2) is 0 Å². The number of rotatable bonds is 4. The first-order chi connectivity index (χ1) is 6.88. The highest BCUT2D eigenvalue weighted by molar-refractivity contribution is 6.00. The molecule has 0 bridgehead atoms. The summed E-state index contributed by atoms with van der Waals surface area (Å²) in [5.41, 5.74) is 2.21. The molecule has 0 aromatic rings. The average Bonchev–Trinajstić information content (AvgIpc) is 2.25. The Bertz CT molecular complexity index is 218. The van der Waals surface area contributed by atoms with E-state index < -0.39 is 0 Å². The fourth-order valence-electron chi connectivity index (χ4n) is 1.92. The van der Waals surface area contributed by atoms with Crippen LogP contribution < -0.4 is 0 Å². The molecule has 0 radical (unpaired) electrons. The summed E-state index contributed by atoms with van der Waals surface area (Å²) in [6, 6.07) is 0. The molecule has 2 nitrogen and oxygen atoms in total. The highest BCUT2D eigenvalue weighted by Gasteiger charge is 2.12. The predicted octanol–water partition coefficient (Wildman–Crippen LogP) is 3.90.